The topological polar surface area (TPSA) is 52.6 Å². The average molecular weight is 304 g/mol. The Morgan fingerprint density at radius 2 is 1.18 bits per heavy atom. The van der Waals surface area contributed by atoms with E-state index in [1.165, 1.54) is 12.2 Å². The molecule has 0 aromatic carbocycles. The summed E-state index contributed by atoms with van der Waals surface area (Å²) in [4.78, 5) is 23.4. The van der Waals surface area contributed by atoms with Crippen LogP contribution in [0.2, 0.25) is 0 Å². The summed E-state index contributed by atoms with van der Waals surface area (Å²) in [5.74, 6) is -0.814. The van der Waals surface area contributed by atoms with E-state index in [0.717, 1.165) is 25.7 Å². The molecule has 0 saturated heterocycles. The predicted octanol–water partition coefficient (Wildman–Crippen LogP) is 3.65. The smallest absolute Gasteiger partial charge is 0.331 e. The lowest BCUT2D eigenvalue weighted by molar-refractivity contribution is -0.165. The van der Waals surface area contributed by atoms with E-state index in [2.05, 4.69) is 0 Å². The molecule has 2 atom stereocenters. The minimum atomic E-state index is -0.407. The van der Waals surface area contributed by atoms with Gasteiger partial charge in [-0.2, -0.15) is 0 Å². The fourth-order valence-electron chi connectivity index (χ4n) is 2.20. The maximum absolute atomic E-state index is 11.7. The van der Waals surface area contributed by atoms with E-state index in [-0.39, 0.29) is 12.2 Å². The van der Waals surface area contributed by atoms with Gasteiger partial charge in [0.25, 0.3) is 0 Å². The molecule has 120 valence electrons. The summed E-state index contributed by atoms with van der Waals surface area (Å²) in [5, 5.41) is 0. The van der Waals surface area contributed by atoms with E-state index in [1.54, 1.807) is 24.3 Å². The number of hydrogen-bond acceptors (Lipinski definition) is 4. The highest BCUT2D eigenvalue weighted by Crippen LogP contribution is 2.24. The summed E-state index contributed by atoms with van der Waals surface area (Å²) >= 11 is 0. The van der Waals surface area contributed by atoms with Gasteiger partial charge in [0.05, 0.1) is 0 Å². The zero-order valence-corrected chi connectivity index (χ0v) is 13.2. The third-order valence-corrected chi connectivity index (χ3v) is 3.25. The fourth-order valence-corrected chi connectivity index (χ4v) is 2.20. The Kier molecular flexibility index (Phi) is 8.65. The lowest BCUT2D eigenvalue weighted by Gasteiger charge is -2.30. The monoisotopic (exact) mass is 304 g/mol. The van der Waals surface area contributed by atoms with Gasteiger partial charge in [-0.25, -0.2) is 9.59 Å². The van der Waals surface area contributed by atoms with E-state index in [4.69, 9.17) is 9.47 Å². The number of allylic oxidation sites excluding steroid dienone is 6. The summed E-state index contributed by atoms with van der Waals surface area (Å²) < 4.78 is 10.8. The first-order valence-electron chi connectivity index (χ1n) is 7.67. The molecule has 0 aromatic heterocycles. The molecule has 0 bridgehead atoms. The molecule has 0 aliphatic heterocycles. The molecule has 1 saturated carbocycles. The van der Waals surface area contributed by atoms with Gasteiger partial charge in [-0.1, -0.05) is 36.5 Å². The van der Waals surface area contributed by atoms with Gasteiger partial charge in [-0.05, 0) is 39.5 Å². The van der Waals surface area contributed by atoms with Crippen molar-refractivity contribution in [1.29, 1.82) is 0 Å². The maximum Gasteiger partial charge on any atom is 0.331 e. The molecule has 0 N–H and O–H groups in total. The van der Waals surface area contributed by atoms with Crippen molar-refractivity contribution in [2.24, 2.45) is 0 Å². The number of carbonyl (C=O) groups excluding carboxylic acids is 2. The molecule has 4 nitrogen and oxygen atoms in total. The second-order valence-electron chi connectivity index (χ2n) is 5.00. The predicted molar refractivity (Wildman–Crippen MR) is 86.1 cm³/mol. The van der Waals surface area contributed by atoms with Crippen molar-refractivity contribution in [2.45, 2.75) is 51.7 Å². The van der Waals surface area contributed by atoms with Crippen molar-refractivity contribution in [3.63, 3.8) is 0 Å². The minimum absolute atomic E-state index is 0.365. The Labute approximate surface area is 132 Å². The third kappa shape index (κ3) is 7.07. The van der Waals surface area contributed by atoms with Crippen molar-refractivity contribution in [1.82, 2.24) is 0 Å². The van der Waals surface area contributed by atoms with Crippen LogP contribution in [0, 0.1) is 0 Å². The van der Waals surface area contributed by atoms with Crippen molar-refractivity contribution in [2.75, 3.05) is 0 Å². The molecule has 1 aliphatic rings. The molecule has 22 heavy (non-hydrogen) atoms. The molecule has 0 heterocycles. The number of carbonyl (C=O) groups is 2. The van der Waals surface area contributed by atoms with Gasteiger partial charge in [-0.15, -0.1) is 0 Å². The van der Waals surface area contributed by atoms with Gasteiger partial charge in [-0.3, -0.25) is 0 Å². The molecular weight excluding hydrogens is 280 g/mol. The highest BCUT2D eigenvalue weighted by Gasteiger charge is 2.30. The number of esters is 2. The summed E-state index contributed by atoms with van der Waals surface area (Å²) in [6.45, 7) is 3.74. The average Bonchev–Trinajstić information content (AvgIpc) is 2.50. The van der Waals surface area contributed by atoms with E-state index in [9.17, 15) is 9.59 Å². The zero-order valence-electron chi connectivity index (χ0n) is 13.2. The molecule has 1 rings (SSSR count). The fraction of sp³-hybridized carbons (Fsp3) is 0.444. The first-order valence-corrected chi connectivity index (χ1v) is 7.67. The van der Waals surface area contributed by atoms with Crippen LogP contribution in [0.5, 0.6) is 0 Å². The SMILES string of the molecule is CC=CC=CC(=O)OC1CCCCC1OC(=O)C=CC=CC. The summed E-state index contributed by atoms with van der Waals surface area (Å²) in [5.41, 5.74) is 0. The second kappa shape index (κ2) is 10.6. The van der Waals surface area contributed by atoms with Crippen LogP contribution in [0.25, 0.3) is 0 Å². The van der Waals surface area contributed by atoms with Crippen molar-refractivity contribution in [3.05, 3.63) is 48.6 Å². The van der Waals surface area contributed by atoms with Gasteiger partial charge in [0.1, 0.15) is 12.2 Å². The molecule has 1 aliphatic carbocycles. The largest absolute Gasteiger partial charge is 0.455 e. The highest BCUT2D eigenvalue weighted by atomic mass is 16.6. The van der Waals surface area contributed by atoms with Crippen molar-refractivity contribution in [3.8, 4) is 0 Å². The van der Waals surface area contributed by atoms with Crippen molar-refractivity contribution >= 4 is 11.9 Å². The Bertz CT molecular complexity index is 427. The summed E-state index contributed by atoms with van der Waals surface area (Å²) in [6.07, 6.45) is 15.8. The van der Waals surface area contributed by atoms with Crippen LogP contribution in [0.15, 0.2) is 48.6 Å². The maximum atomic E-state index is 11.7. The van der Waals surface area contributed by atoms with Gasteiger partial charge >= 0.3 is 11.9 Å². The number of rotatable bonds is 6. The van der Waals surface area contributed by atoms with E-state index in [0.29, 0.717) is 0 Å². The minimum Gasteiger partial charge on any atom is -0.455 e. The van der Waals surface area contributed by atoms with Gasteiger partial charge in [0, 0.05) is 12.2 Å². The molecule has 1 fully saturated rings. The molecule has 0 spiro atoms. The van der Waals surface area contributed by atoms with Gasteiger partial charge < -0.3 is 9.47 Å². The highest BCUT2D eigenvalue weighted by molar-refractivity contribution is 5.83. The summed E-state index contributed by atoms with van der Waals surface area (Å²) in [7, 11) is 0. The third-order valence-electron chi connectivity index (χ3n) is 3.25. The van der Waals surface area contributed by atoms with Crippen molar-refractivity contribution < 1.29 is 19.1 Å². The van der Waals surface area contributed by atoms with E-state index < -0.39 is 11.9 Å². The second-order valence-corrected chi connectivity index (χ2v) is 5.00. The van der Waals surface area contributed by atoms with Crippen LogP contribution in [-0.2, 0) is 19.1 Å². The lowest BCUT2D eigenvalue weighted by Crippen LogP contribution is -2.37. The Morgan fingerprint density at radius 1 is 0.773 bits per heavy atom. The summed E-state index contributed by atoms with van der Waals surface area (Å²) in [6, 6.07) is 0. The number of ether oxygens (including phenoxy) is 2. The first-order chi connectivity index (χ1) is 10.7. The van der Waals surface area contributed by atoms with Crippen LogP contribution in [0.1, 0.15) is 39.5 Å². The quantitative estimate of drug-likeness (QED) is 0.427. The lowest BCUT2D eigenvalue weighted by atomic mass is 9.94. The standard InChI is InChI=1S/C18H24O4/c1-3-5-7-13-17(19)21-15-11-9-10-12-16(15)22-18(20)14-8-6-4-2/h3-8,13-16H,9-12H2,1-2H3. The first kappa shape index (κ1) is 18.0. The molecule has 4 heteroatoms. The number of hydrogen-bond donors (Lipinski definition) is 0. The zero-order chi connectivity index (χ0) is 16.2. The van der Waals surface area contributed by atoms with Crippen LogP contribution in [0.4, 0.5) is 0 Å². The van der Waals surface area contributed by atoms with E-state index >= 15 is 0 Å². The van der Waals surface area contributed by atoms with Crippen LogP contribution < -0.4 is 0 Å². The molecular formula is C18H24O4. The van der Waals surface area contributed by atoms with Crippen LogP contribution in [-0.4, -0.2) is 24.1 Å². The van der Waals surface area contributed by atoms with Crippen LogP contribution >= 0.6 is 0 Å². The molecule has 0 radical (unpaired) electrons. The Balaban J connectivity index is 2.55. The normalized spacial score (nSPS) is 22.8. The molecule has 0 aromatic rings. The molecule has 0 amide bonds. The van der Waals surface area contributed by atoms with Gasteiger partial charge in [0.15, 0.2) is 0 Å². The molecule has 2 unspecified atom stereocenters. The Morgan fingerprint density at radius 3 is 1.55 bits per heavy atom. The Hall–Kier alpha value is -2.10. The van der Waals surface area contributed by atoms with Gasteiger partial charge in [0.2, 0.25) is 0 Å². The van der Waals surface area contributed by atoms with Crippen LogP contribution in [0.3, 0.4) is 0 Å². The van der Waals surface area contributed by atoms with E-state index in [1.807, 2.05) is 26.0 Å².